The number of ether oxygens (including phenoxy) is 1. The number of nitrogens with two attached hydrogens (primary N) is 1. The van der Waals surface area contributed by atoms with Gasteiger partial charge in [-0.2, -0.15) is 4.98 Å². The van der Waals surface area contributed by atoms with Crippen LogP contribution in [-0.2, 0) is 4.74 Å². The van der Waals surface area contributed by atoms with E-state index < -0.39 is 0 Å². The van der Waals surface area contributed by atoms with E-state index in [9.17, 15) is 9.90 Å². The van der Waals surface area contributed by atoms with Crippen molar-refractivity contribution in [3.05, 3.63) is 48.4 Å². The van der Waals surface area contributed by atoms with Crippen LogP contribution >= 0.6 is 0 Å². The molecule has 9 nitrogen and oxygen atoms in total. The van der Waals surface area contributed by atoms with Gasteiger partial charge in [0.2, 0.25) is 0 Å². The first kappa shape index (κ1) is 17.7. The van der Waals surface area contributed by atoms with Crippen LogP contribution in [0.3, 0.4) is 0 Å². The molecule has 4 heterocycles. The Morgan fingerprint density at radius 3 is 3.00 bits per heavy atom. The first-order chi connectivity index (χ1) is 14.1. The SMILES string of the molecule is Nc1nc2ccc(-c3ccc4ncc(C(=O)N5CCO[C@@H](CO)C5)n4c3)cc2o1. The summed E-state index contributed by atoms with van der Waals surface area (Å²) in [5, 5.41) is 9.33. The molecule has 1 saturated heterocycles. The van der Waals surface area contributed by atoms with Crippen LogP contribution in [0.15, 0.2) is 47.1 Å². The van der Waals surface area contributed by atoms with E-state index in [2.05, 4.69) is 9.97 Å². The standard InChI is InChI=1S/C20H19N5O4/c21-20-23-15-3-1-12(7-17(15)29-20)13-2-4-18-22-8-16(25(18)9-13)19(27)24-5-6-28-14(10-24)11-26/h1-4,7-9,14,26H,5-6,10-11H2,(H2,21,23)/t14-/m1/s1. The molecule has 148 valence electrons. The monoisotopic (exact) mass is 393 g/mol. The first-order valence-electron chi connectivity index (χ1n) is 9.27. The highest BCUT2D eigenvalue weighted by molar-refractivity contribution is 5.93. The predicted molar refractivity (Wildman–Crippen MR) is 105 cm³/mol. The molecule has 1 aliphatic rings. The molecule has 3 N–H and O–H groups in total. The van der Waals surface area contributed by atoms with Crippen LogP contribution in [-0.4, -0.2) is 62.7 Å². The molecule has 0 unspecified atom stereocenters. The van der Waals surface area contributed by atoms with Gasteiger partial charge in [-0.3, -0.25) is 9.20 Å². The largest absolute Gasteiger partial charge is 0.424 e. The van der Waals surface area contributed by atoms with Crippen molar-refractivity contribution in [2.24, 2.45) is 0 Å². The van der Waals surface area contributed by atoms with E-state index in [0.717, 1.165) is 11.1 Å². The normalized spacial score (nSPS) is 17.3. The number of rotatable bonds is 3. The van der Waals surface area contributed by atoms with Gasteiger partial charge < -0.3 is 24.9 Å². The zero-order chi connectivity index (χ0) is 20.0. The lowest BCUT2D eigenvalue weighted by molar-refractivity contribution is -0.0448. The molecule has 4 aromatic rings. The van der Waals surface area contributed by atoms with Crippen molar-refractivity contribution in [1.82, 2.24) is 19.3 Å². The lowest BCUT2D eigenvalue weighted by Gasteiger charge is -2.31. The number of aliphatic hydroxyl groups is 1. The Morgan fingerprint density at radius 2 is 2.14 bits per heavy atom. The molecule has 5 rings (SSSR count). The molecule has 29 heavy (non-hydrogen) atoms. The van der Waals surface area contributed by atoms with Crippen molar-refractivity contribution in [3.63, 3.8) is 0 Å². The Balaban J connectivity index is 1.52. The zero-order valence-electron chi connectivity index (χ0n) is 15.5. The molecular formula is C20H19N5O4. The van der Waals surface area contributed by atoms with Gasteiger partial charge in [-0.15, -0.1) is 0 Å². The van der Waals surface area contributed by atoms with E-state index in [4.69, 9.17) is 14.9 Å². The molecule has 0 saturated carbocycles. The summed E-state index contributed by atoms with van der Waals surface area (Å²) in [6.07, 6.45) is 3.09. The van der Waals surface area contributed by atoms with E-state index in [-0.39, 0.29) is 24.6 Å². The van der Waals surface area contributed by atoms with Gasteiger partial charge in [0.1, 0.15) is 16.9 Å². The van der Waals surface area contributed by atoms with Gasteiger partial charge in [-0.25, -0.2) is 4.98 Å². The highest BCUT2D eigenvalue weighted by Crippen LogP contribution is 2.26. The van der Waals surface area contributed by atoms with Crippen molar-refractivity contribution in [2.45, 2.75) is 6.10 Å². The summed E-state index contributed by atoms with van der Waals surface area (Å²) in [5.74, 6) is -0.144. The van der Waals surface area contributed by atoms with Crippen LogP contribution in [0, 0.1) is 0 Å². The fourth-order valence-electron chi connectivity index (χ4n) is 3.61. The number of hydrogen-bond donors (Lipinski definition) is 2. The number of carbonyl (C=O) groups is 1. The fraction of sp³-hybridized carbons (Fsp3) is 0.250. The number of oxazole rings is 1. The van der Waals surface area contributed by atoms with Gasteiger partial charge >= 0.3 is 0 Å². The molecule has 1 fully saturated rings. The molecule has 1 aromatic carbocycles. The highest BCUT2D eigenvalue weighted by Gasteiger charge is 2.26. The summed E-state index contributed by atoms with van der Waals surface area (Å²) in [7, 11) is 0. The summed E-state index contributed by atoms with van der Waals surface area (Å²) in [5.41, 5.74) is 9.87. The van der Waals surface area contributed by atoms with Gasteiger partial charge in [0.15, 0.2) is 5.58 Å². The number of amides is 1. The summed E-state index contributed by atoms with van der Waals surface area (Å²) >= 11 is 0. The summed E-state index contributed by atoms with van der Waals surface area (Å²) in [4.78, 5) is 23.2. The lowest BCUT2D eigenvalue weighted by atomic mass is 10.1. The predicted octanol–water partition coefficient (Wildman–Crippen LogP) is 1.56. The van der Waals surface area contributed by atoms with Crippen molar-refractivity contribution < 1.29 is 19.1 Å². The molecule has 1 aliphatic heterocycles. The Hall–Kier alpha value is -3.43. The molecule has 3 aromatic heterocycles. The Labute approximate surface area is 165 Å². The minimum Gasteiger partial charge on any atom is -0.424 e. The number of nitrogens with zero attached hydrogens (tertiary/aromatic N) is 4. The number of nitrogen functional groups attached to an aromatic ring is 1. The number of hydrogen-bond acceptors (Lipinski definition) is 7. The minimum absolute atomic E-state index is 0.115. The van der Waals surface area contributed by atoms with Gasteiger partial charge in [-0.1, -0.05) is 6.07 Å². The number of imidazole rings is 1. The van der Waals surface area contributed by atoms with Gasteiger partial charge in [0, 0.05) is 19.3 Å². The molecule has 9 heteroatoms. The maximum atomic E-state index is 13.1. The minimum atomic E-state index is -0.358. The van der Waals surface area contributed by atoms with E-state index in [1.807, 2.05) is 36.5 Å². The van der Waals surface area contributed by atoms with E-state index in [1.165, 1.54) is 0 Å². The van der Waals surface area contributed by atoms with Gasteiger partial charge in [-0.05, 0) is 35.4 Å². The zero-order valence-corrected chi connectivity index (χ0v) is 15.5. The van der Waals surface area contributed by atoms with Gasteiger partial charge in [0.05, 0.1) is 25.5 Å². The molecule has 1 amide bonds. The van der Waals surface area contributed by atoms with Crippen molar-refractivity contribution in [1.29, 1.82) is 0 Å². The fourth-order valence-corrected chi connectivity index (χ4v) is 3.61. The highest BCUT2D eigenvalue weighted by atomic mass is 16.5. The van der Waals surface area contributed by atoms with Gasteiger partial charge in [0.25, 0.3) is 11.9 Å². The third kappa shape index (κ3) is 3.10. The topological polar surface area (TPSA) is 119 Å². The number of anilines is 1. The second-order valence-electron chi connectivity index (χ2n) is 6.95. The number of morpholine rings is 1. The second-order valence-corrected chi connectivity index (χ2v) is 6.95. The van der Waals surface area contributed by atoms with Crippen LogP contribution < -0.4 is 5.73 Å². The van der Waals surface area contributed by atoms with Crippen LogP contribution in [0.25, 0.3) is 27.9 Å². The van der Waals surface area contributed by atoms with E-state index in [1.54, 1.807) is 15.5 Å². The summed E-state index contributed by atoms with van der Waals surface area (Å²) in [6.45, 7) is 1.12. The third-order valence-corrected chi connectivity index (χ3v) is 5.09. The maximum Gasteiger partial charge on any atom is 0.292 e. The molecule has 0 spiro atoms. The number of pyridine rings is 1. The molecule has 0 aliphatic carbocycles. The first-order valence-corrected chi connectivity index (χ1v) is 9.27. The number of aliphatic hydroxyl groups excluding tert-OH is 1. The Kier molecular flexibility index (Phi) is 4.18. The molecular weight excluding hydrogens is 374 g/mol. The van der Waals surface area contributed by atoms with Crippen molar-refractivity contribution >= 4 is 28.7 Å². The lowest BCUT2D eigenvalue weighted by Crippen LogP contribution is -2.47. The number of carbonyl (C=O) groups excluding carboxylic acids is 1. The third-order valence-electron chi connectivity index (χ3n) is 5.09. The average Bonchev–Trinajstić information content (AvgIpc) is 3.34. The second kappa shape index (κ2) is 6.87. The molecule has 0 radical (unpaired) electrons. The van der Waals surface area contributed by atoms with Crippen LogP contribution in [0.2, 0.25) is 0 Å². The van der Waals surface area contributed by atoms with Crippen LogP contribution in [0.4, 0.5) is 6.01 Å². The number of fused-ring (bicyclic) bond motifs is 2. The summed E-state index contributed by atoms with van der Waals surface area (Å²) < 4.78 is 12.6. The smallest absolute Gasteiger partial charge is 0.292 e. The van der Waals surface area contributed by atoms with E-state index >= 15 is 0 Å². The van der Waals surface area contributed by atoms with E-state index in [0.29, 0.717) is 42.1 Å². The van der Waals surface area contributed by atoms with Crippen LogP contribution in [0.1, 0.15) is 10.5 Å². The molecule has 1 atom stereocenters. The number of aromatic nitrogens is 3. The maximum absolute atomic E-state index is 13.1. The quantitative estimate of drug-likeness (QED) is 0.542. The Bertz CT molecular complexity index is 1210. The Morgan fingerprint density at radius 1 is 1.28 bits per heavy atom. The number of benzene rings is 1. The average molecular weight is 393 g/mol. The summed E-state index contributed by atoms with van der Waals surface area (Å²) in [6, 6.07) is 9.57. The molecule has 0 bridgehead atoms. The van der Waals surface area contributed by atoms with Crippen LogP contribution in [0.5, 0.6) is 0 Å². The van der Waals surface area contributed by atoms with Crippen molar-refractivity contribution in [3.8, 4) is 11.1 Å². The van der Waals surface area contributed by atoms with Crippen molar-refractivity contribution in [2.75, 3.05) is 32.0 Å².